The van der Waals surface area contributed by atoms with Crippen LogP contribution < -0.4 is 0 Å². The van der Waals surface area contributed by atoms with E-state index < -0.39 is 0 Å². The van der Waals surface area contributed by atoms with Gasteiger partial charge in [0.2, 0.25) is 0 Å². The normalized spacial score (nSPS) is 13.1. The summed E-state index contributed by atoms with van der Waals surface area (Å²) < 4.78 is 4.49. The fourth-order valence-electron chi connectivity index (χ4n) is 1.70. The van der Waals surface area contributed by atoms with Gasteiger partial charge in [0.25, 0.3) is 0 Å². The molecule has 3 rings (SSSR count). The Hall–Kier alpha value is -1.44. The quantitative estimate of drug-likeness (QED) is 0.455. The highest BCUT2D eigenvalue weighted by atomic mass is 15.2. The van der Waals surface area contributed by atoms with Crippen LogP contribution in [0.25, 0.3) is 11.4 Å². The van der Waals surface area contributed by atoms with Crippen LogP contribution in [0.3, 0.4) is 0 Å². The van der Waals surface area contributed by atoms with E-state index in [1.807, 2.05) is 0 Å². The van der Waals surface area contributed by atoms with Gasteiger partial charge in [0, 0.05) is 12.4 Å². The second kappa shape index (κ2) is 1.59. The predicted molar refractivity (Wildman–Crippen MR) is 43.3 cm³/mol. The van der Waals surface area contributed by atoms with Gasteiger partial charge in [-0.1, -0.05) is 0 Å². The molecule has 0 spiro atoms. The van der Waals surface area contributed by atoms with Gasteiger partial charge in [-0.3, -0.25) is 0 Å². The van der Waals surface area contributed by atoms with Crippen LogP contribution >= 0.6 is 0 Å². The second-order valence-electron chi connectivity index (χ2n) is 2.87. The van der Waals surface area contributed by atoms with Crippen LogP contribution in [-0.2, 0) is 6.67 Å². The average molecular weight is 144 g/mol. The van der Waals surface area contributed by atoms with Gasteiger partial charge in [-0.25, -0.2) is 0 Å². The highest BCUT2D eigenvalue weighted by molar-refractivity contribution is 5.58. The average Bonchev–Trinajstić information content (AvgIpc) is 2.52. The molecule has 3 heterocycles. The first-order valence-electron chi connectivity index (χ1n) is 3.76. The topological polar surface area (TPSA) is 9.86 Å². The highest BCUT2D eigenvalue weighted by Crippen LogP contribution is 2.26. The third kappa shape index (κ3) is 0.522. The Kier molecular flexibility index (Phi) is 0.756. The Labute approximate surface area is 64.7 Å². The summed E-state index contributed by atoms with van der Waals surface area (Å²) in [5.41, 5.74) is 2.66. The largest absolute Gasteiger partial charge is 0.328 e. The van der Waals surface area contributed by atoms with Gasteiger partial charge in [-0.05, 0) is 24.3 Å². The summed E-state index contributed by atoms with van der Waals surface area (Å²) in [5.74, 6) is 0. The fraction of sp³-hybridized carbons (Fsp3) is 0.111. The summed E-state index contributed by atoms with van der Waals surface area (Å²) in [6.45, 7) is 0.977. The highest BCUT2D eigenvalue weighted by Gasteiger charge is 2.14. The molecule has 0 aromatic carbocycles. The van der Waals surface area contributed by atoms with Crippen LogP contribution in [0.1, 0.15) is 0 Å². The van der Waals surface area contributed by atoms with E-state index in [2.05, 4.69) is 45.8 Å². The molecule has 0 saturated heterocycles. The van der Waals surface area contributed by atoms with Gasteiger partial charge in [0.1, 0.15) is 0 Å². The van der Waals surface area contributed by atoms with Crippen LogP contribution in [-0.4, -0.2) is 9.13 Å². The molecule has 0 atom stereocenters. The van der Waals surface area contributed by atoms with Crippen LogP contribution in [0.2, 0.25) is 0 Å². The van der Waals surface area contributed by atoms with Crippen LogP contribution in [0, 0.1) is 0 Å². The lowest BCUT2D eigenvalue weighted by molar-refractivity contribution is 0.670. The van der Waals surface area contributed by atoms with Crippen molar-refractivity contribution in [2.24, 2.45) is 0 Å². The number of aromatic nitrogens is 2. The number of nitrogens with zero attached hydrogens (tertiary/aromatic N) is 2. The third-order valence-electron chi connectivity index (χ3n) is 2.23. The van der Waals surface area contributed by atoms with Crippen molar-refractivity contribution in [3.8, 4) is 11.4 Å². The lowest BCUT2D eigenvalue weighted by Crippen LogP contribution is -1.95. The SMILES string of the molecule is c1cc2n(c1)Cn1cccc1-2. The molecule has 1 aliphatic heterocycles. The minimum atomic E-state index is 0.977. The molecule has 11 heavy (non-hydrogen) atoms. The second-order valence-corrected chi connectivity index (χ2v) is 2.87. The molecule has 0 aliphatic carbocycles. The maximum Gasteiger partial charge on any atom is 0.0989 e. The smallest absolute Gasteiger partial charge is 0.0989 e. The fourth-order valence-corrected chi connectivity index (χ4v) is 1.70. The Morgan fingerprint density at radius 3 is 2.00 bits per heavy atom. The van der Waals surface area contributed by atoms with Gasteiger partial charge in [-0.2, -0.15) is 0 Å². The summed E-state index contributed by atoms with van der Waals surface area (Å²) in [5, 5.41) is 0. The lowest BCUT2D eigenvalue weighted by atomic mass is 10.3. The molecule has 0 N–H and O–H groups in total. The number of hydrogen-bond acceptors (Lipinski definition) is 0. The maximum absolute atomic E-state index is 2.25. The van der Waals surface area contributed by atoms with Crippen LogP contribution in [0.4, 0.5) is 0 Å². The zero-order valence-electron chi connectivity index (χ0n) is 6.07. The molecular formula is C9H8N2. The van der Waals surface area contributed by atoms with Crippen molar-refractivity contribution in [2.75, 3.05) is 0 Å². The van der Waals surface area contributed by atoms with Crippen molar-refractivity contribution in [3.05, 3.63) is 36.7 Å². The first-order valence-corrected chi connectivity index (χ1v) is 3.76. The van der Waals surface area contributed by atoms with Gasteiger partial charge in [0.05, 0.1) is 18.1 Å². The van der Waals surface area contributed by atoms with E-state index in [1.54, 1.807) is 0 Å². The molecule has 0 amide bonds. The standard InChI is InChI=1S/C9H8N2/c1-3-8-9-4-2-6-11(9)7-10(8)5-1/h1-6H,7H2. The molecule has 0 fully saturated rings. The van der Waals surface area contributed by atoms with Crippen molar-refractivity contribution in [2.45, 2.75) is 6.67 Å². The monoisotopic (exact) mass is 144 g/mol. The van der Waals surface area contributed by atoms with Crippen LogP contribution in [0.5, 0.6) is 0 Å². The molecule has 0 unspecified atom stereocenters. The third-order valence-corrected chi connectivity index (χ3v) is 2.23. The summed E-state index contributed by atoms with van der Waals surface area (Å²) >= 11 is 0. The van der Waals surface area contributed by atoms with Crippen molar-refractivity contribution >= 4 is 0 Å². The summed E-state index contributed by atoms with van der Waals surface area (Å²) in [6, 6.07) is 8.48. The molecule has 0 radical (unpaired) electrons. The van der Waals surface area contributed by atoms with Gasteiger partial charge < -0.3 is 9.13 Å². The molecular weight excluding hydrogens is 136 g/mol. The number of hydrogen-bond donors (Lipinski definition) is 0. The number of rotatable bonds is 0. The van der Waals surface area contributed by atoms with Gasteiger partial charge in [-0.15, -0.1) is 0 Å². The molecule has 2 aromatic rings. The molecule has 54 valence electrons. The van der Waals surface area contributed by atoms with E-state index >= 15 is 0 Å². The van der Waals surface area contributed by atoms with Crippen LogP contribution in [0.15, 0.2) is 36.7 Å². The Bertz CT molecular complexity index is 357. The molecule has 0 saturated carbocycles. The summed E-state index contributed by atoms with van der Waals surface area (Å²) in [6.07, 6.45) is 4.23. The molecule has 2 heteroatoms. The van der Waals surface area contributed by atoms with E-state index in [4.69, 9.17) is 0 Å². The predicted octanol–water partition coefficient (Wildman–Crippen LogP) is 1.78. The Balaban J connectivity index is 2.38. The molecule has 1 aliphatic rings. The molecule has 2 nitrogen and oxygen atoms in total. The van der Waals surface area contributed by atoms with E-state index in [0.29, 0.717) is 0 Å². The minimum Gasteiger partial charge on any atom is -0.328 e. The Morgan fingerprint density at radius 1 is 0.909 bits per heavy atom. The summed E-state index contributed by atoms with van der Waals surface area (Å²) in [7, 11) is 0. The maximum atomic E-state index is 2.25. The zero-order valence-corrected chi connectivity index (χ0v) is 6.07. The lowest BCUT2D eigenvalue weighted by Gasteiger charge is -1.94. The van der Waals surface area contributed by atoms with E-state index in [0.717, 1.165) is 6.67 Å². The first kappa shape index (κ1) is 5.24. The van der Waals surface area contributed by atoms with Crippen molar-refractivity contribution in [3.63, 3.8) is 0 Å². The zero-order chi connectivity index (χ0) is 7.26. The van der Waals surface area contributed by atoms with E-state index in [9.17, 15) is 0 Å². The van der Waals surface area contributed by atoms with Gasteiger partial charge >= 0.3 is 0 Å². The summed E-state index contributed by atoms with van der Waals surface area (Å²) in [4.78, 5) is 0. The van der Waals surface area contributed by atoms with Crippen molar-refractivity contribution in [1.29, 1.82) is 0 Å². The van der Waals surface area contributed by atoms with E-state index in [1.165, 1.54) is 11.4 Å². The Morgan fingerprint density at radius 2 is 1.45 bits per heavy atom. The number of fused-ring (bicyclic) bond motifs is 3. The van der Waals surface area contributed by atoms with Gasteiger partial charge in [0.15, 0.2) is 0 Å². The molecule has 2 aromatic heterocycles. The first-order chi connectivity index (χ1) is 5.45. The minimum absolute atomic E-state index is 0.977. The van der Waals surface area contributed by atoms with Crippen molar-refractivity contribution < 1.29 is 0 Å². The van der Waals surface area contributed by atoms with E-state index in [-0.39, 0.29) is 0 Å². The van der Waals surface area contributed by atoms with Crippen molar-refractivity contribution in [1.82, 2.24) is 9.13 Å². The molecule has 0 bridgehead atoms.